The highest BCUT2D eigenvalue weighted by atomic mass is 16.1. The van der Waals surface area contributed by atoms with Gasteiger partial charge in [0.15, 0.2) is 5.43 Å². The molecule has 0 amide bonds. The van der Waals surface area contributed by atoms with E-state index in [1.54, 1.807) is 12.4 Å². The van der Waals surface area contributed by atoms with Crippen LogP contribution in [0.4, 0.5) is 0 Å². The summed E-state index contributed by atoms with van der Waals surface area (Å²) >= 11 is 0. The lowest BCUT2D eigenvalue weighted by Gasteiger charge is -2.04. The molecular weight excluding hydrogens is 178 g/mol. The van der Waals surface area contributed by atoms with Crippen molar-refractivity contribution >= 4 is 11.0 Å². The first-order valence-corrected chi connectivity index (χ1v) is 4.51. The summed E-state index contributed by atoms with van der Waals surface area (Å²) in [5.74, 6) is 0.211. The van der Waals surface area contributed by atoms with Crippen molar-refractivity contribution in [2.75, 3.05) is 0 Å². The molecule has 0 unspecified atom stereocenters. The molecule has 0 fully saturated rings. The highest BCUT2D eigenvalue weighted by Crippen LogP contribution is 2.10. The molecule has 0 aliphatic heterocycles. The standard InChI is InChI=1S/C10H11N3O/c1-6(2)7-4-12-10-8(9(7)14)3-11-5-13-10/h3-6H,1-2H3,(H,11,12,13,14). The Kier molecular flexibility index (Phi) is 2.04. The normalized spacial score (nSPS) is 11.1. The van der Waals surface area contributed by atoms with Crippen LogP contribution in [-0.4, -0.2) is 15.0 Å². The maximum atomic E-state index is 11.9. The molecule has 1 N–H and O–H groups in total. The summed E-state index contributed by atoms with van der Waals surface area (Å²) in [5.41, 5.74) is 1.39. The SMILES string of the molecule is CC(C)c1c[nH]c2ncncc2c1=O. The molecule has 4 nitrogen and oxygen atoms in total. The first-order chi connectivity index (χ1) is 6.70. The minimum Gasteiger partial charge on any atom is -0.346 e. The van der Waals surface area contributed by atoms with Crippen molar-refractivity contribution in [1.29, 1.82) is 0 Å². The van der Waals surface area contributed by atoms with Crippen molar-refractivity contribution in [3.05, 3.63) is 34.5 Å². The van der Waals surface area contributed by atoms with E-state index < -0.39 is 0 Å². The highest BCUT2D eigenvalue weighted by Gasteiger charge is 2.08. The van der Waals surface area contributed by atoms with Gasteiger partial charge in [0.2, 0.25) is 0 Å². The van der Waals surface area contributed by atoms with Gasteiger partial charge in [0.1, 0.15) is 12.0 Å². The minimum absolute atomic E-state index is 0.0225. The Hall–Kier alpha value is -1.71. The zero-order valence-electron chi connectivity index (χ0n) is 8.11. The van der Waals surface area contributed by atoms with Crippen LogP contribution in [0.2, 0.25) is 0 Å². The second kappa shape index (κ2) is 3.21. The van der Waals surface area contributed by atoms with Crippen molar-refractivity contribution < 1.29 is 0 Å². The van der Waals surface area contributed by atoms with Crippen LogP contribution in [0.1, 0.15) is 25.3 Å². The Morgan fingerprint density at radius 3 is 2.93 bits per heavy atom. The molecule has 4 heteroatoms. The summed E-state index contributed by atoms with van der Waals surface area (Å²) in [6.45, 7) is 3.97. The summed E-state index contributed by atoms with van der Waals surface area (Å²) in [4.78, 5) is 22.7. The smallest absolute Gasteiger partial charge is 0.196 e. The first kappa shape index (κ1) is 8.87. The molecule has 0 atom stereocenters. The molecule has 72 valence electrons. The van der Waals surface area contributed by atoms with Crippen LogP contribution in [-0.2, 0) is 0 Å². The largest absolute Gasteiger partial charge is 0.346 e. The van der Waals surface area contributed by atoms with Gasteiger partial charge in [0.05, 0.1) is 5.39 Å². The summed E-state index contributed by atoms with van der Waals surface area (Å²) < 4.78 is 0. The molecule has 2 rings (SSSR count). The summed E-state index contributed by atoms with van der Waals surface area (Å²) in [6, 6.07) is 0. The van der Waals surface area contributed by atoms with E-state index in [0.717, 1.165) is 5.56 Å². The summed E-state index contributed by atoms with van der Waals surface area (Å²) in [5, 5.41) is 0.554. The molecule has 0 saturated carbocycles. The fourth-order valence-corrected chi connectivity index (χ4v) is 1.41. The third kappa shape index (κ3) is 1.28. The van der Waals surface area contributed by atoms with Gasteiger partial charge in [0, 0.05) is 18.0 Å². The second-order valence-corrected chi connectivity index (χ2v) is 3.51. The van der Waals surface area contributed by atoms with Crippen LogP contribution in [0.15, 0.2) is 23.5 Å². The predicted molar refractivity (Wildman–Crippen MR) is 54.2 cm³/mol. The van der Waals surface area contributed by atoms with Crippen LogP contribution in [0.25, 0.3) is 11.0 Å². The quantitative estimate of drug-likeness (QED) is 0.738. The van der Waals surface area contributed by atoms with E-state index in [1.165, 1.54) is 6.33 Å². The summed E-state index contributed by atoms with van der Waals surface area (Å²) in [7, 11) is 0. The molecule has 0 aliphatic rings. The van der Waals surface area contributed by atoms with Crippen LogP contribution in [0, 0.1) is 0 Å². The van der Waals surface area contributed by atoms with Gasteiger partial charge in [-0.2, -0.15) is 0 Å². The van der Waals surface area contributed by atoms with Gasteiger partial charge >= 0.3 is 0 Å². The van der Waals surface area contributed by atoms with E-state index in [0.29, 0.717) is 11.0 Å². The lowest BCUT2D eigenvalue weighted by molar-refractivity contribution is 0.852. The number of aromatic nitrogens is 3. The van der Waals surface area contributed by atoms with Crippen molar-refractivity contribution in [1.82, 2.24) is 15.0 Å². The van der Waals surface area contributed by atoms with E-state index in [1.807, 2.05) is 13.8 Å². The maximum Gasteiger partial charge on any atom is 0.196 e. The molecule has 0 saturated heterocycles. The molecule has 2 heterocycles. The lowest BCUT2D eigenvalue weighted by atomic mass is 10.0. The topological polar surface area (TPSA) is 58.6 Å². The molecule has 0 aliphatic carbocycles. The van der Waals surface area contributed by atoms with Gasteiger partial charge in [-0.05, 0) is 5.92 Å². The molecule has 14 heavy (non-hydrogen) atoms. The molecule has 0 aromatic carbocycles. The maximum absolute atomic E-state index is 11.9. The van der Waals surface area contributed by atoms with Crippen molar-refractivity contribution in [3.8, 4) is 0 Å². The number of fused-ring (bicyclic) bond motifs is 1. The Bertz CT molecular complexity index is 516. The van der Waals surface area contributed by atoms with E-state index in [4.69, 9.17) is 0 Å². The van der Waals surface area contributed by atoms with Crippen LogP contribution in [0.5, 0.6) is 0 Å². The Labute approximate surface area is 81.0 Å². The molecule has 0 spiro atoms. The number of H-pyrrole nitrogens is 1. The van der Waals surface area contributed by atoms with Crippen LogP contribution in [0.3, 0.4) is 0 Å². The average Bonchev–Trinajstić information content (AvgIpc) is 2.18. The monoisotopic (exact) mass is 189 g/mol. The number of hydrogen-bond donors (Lipinski definition) is 1. The fraction of sp³-hybridized carbons (Fsp3) is 0.300. The van der Waals surface area contributed by atoms with Gasteiger partial charge in [-0.3, -0.25) is 4.79 Å². The van der Waals surface area contributed by atoms with Crippen LogP contribution < -0.4 is 5.43 Å². The number of nitrogens with one attached hydrogen (secondary N) is 1. The Morgan fingerprint density at radius 1 is 1.43 bits per heavy atom. The van der Waals surface area contributed by atoms with Gasteiger partial charge in [0.25, 0.3) is 0 Å². The van der Waals surface area contributed by atoms with Gasteiger partial charge in [-0.15, -0.1) is 0 Å². The molecular formula is C10H11N3O. The van der Waals surface area contributed by atoms with E-state index in [2.05, 4.69) is 15.0 Å². The Morgan fingerprint density at radius 2 is 2.21 bits per heavy atom. The number of pyridine rings is 1. The van der Waals surface area contributed by atoms with Crippen LogP contribution >= 0.6 is 0 Å². The second-order valence-electron chi connectivity index (χ2n) is 3.51. The molecule has 2 aromatic rings. The number of nitrogens with zero attached hydrogens (tertiary/aromatic N) is 2. The molecule has 0 bridgehead atoms. The number of aromatic amines is 1. The van der Waals surface area contributed by atoms with Crippen molar-refractivity contribution in [3.63, 3.8) is 0 Å². The third-order valence-corrected chi connectivity index (χ3v) is 2.21. The van der Waals surface area contributed by atoms with E-state index in [9.17, 15) is 4.79 Å². The van der Waals surface area contributed by atoms with Crippen molar-refractivity contribution in [2.45, 2.75) is 19.8 Å². The third-order valence-electron chi connectivity index (χ3n) is 2.21. The fourth-order valence-electron chi connectivity index (χ4n) is 1.41. The minimum atomic E-state index is 0.0225. The number of hydrogen-bond acceptors (Lipinski definition) is 3. The average molecular weight is 189 g/mol. The van der Waals surface area contributed by atoms with E-state index >= 15 is 0 Å². The molecule has 0 radical (unpaired) electrons. The van der Waals surface area contributed by atoms with Gasteiger partial charge in [-0.1, -0.05) is 13.8 Å². The first-order valence-electron chi connectivity index (χ1n) is 4.51. The lowest BCUT2D eigenvalue weighted by Crippen LogP contribution is -2.12. The highest BCUT2D eigenvalue weighted by molar-refractivity contribution is 5.73. The van der Waals surface area contributed by atoms with Gasteiger partial charge < -0.3 is 4.98 Å². The molecule has 2 aromatic heterocycles. The van der Waals surface area contributed by atoms with Crippen molar-refractivity contribution in [2.24, 2.45) is 0 Å². The predicted octanol–water partition coefficient (Wildman–Crippen LogP) is 1.44. The zero-order chi connectivity index (χ0) is 10.1. The van der Waals surface area contributed by atoms with Gasteiger partial charge in [-0.25, -0.2) is 9.97 Å². The number of rotatable bonds is 1. The summed E-state index contributed by atoms with van der Waals surface area (Å²) in [6.07, 6.45) is 4.70. The van der Waals surface area contributed by atoms with E-state index in [-0.39, 0.29) is 11.3 Å². The zero-order valence-corrected chi connectivity index (χ0v) is 8.11. The Balaban J connectivity index is 2.82.